The molecule has 0 aliphatic heterocycles. The second-order valence-electron chi connectivity index (χ2n) is 7.76. The number of thiazole rings is 1. The number of nitrogens with two attached hydrogens (primary N) is 1. The number of pyridine rings is 1. The van der Waals surface area contributed by atoms with Crippen molar-refractivity contribution in [2.24, 2.45) is 5.73 Å². The molecule has 0 bridgehead atoms. The number of rotatable bonds is 9. The number of anilines is 1. The first-order valence-electron chi connectivity index (χ1n) is 10.3. The Labute approximate surface area is 188 Å². The summed E-state index contributed by atoms with van der Waals surface area (Å²) in [6, 6.07) is 5.73. The quantitative estimate of drug-likeness (QED) is 0.380. The van der Waals surface area contributed by atoms with Crippen LogP contribution in [0.2, 0.25) is 0 Å². The highest BCUT2D eigenvalue weighted by molar-refractivity contribution is 7.15. The van der Waals surface area contributed by atoms with Gasteiger partial charge in [-0.2, -0.15) is 0 Å². The van der Waals surface area contributed by atoms with Crippen molar-refractivity contribution in [1.82, 2.24) is 25.5 Å². The lowest BCUT2D eigenvalue weighted by atomic mass is 9.66. The molecule has 32 heavy (non-hydrogen) atoms. The number of aliphatic hydroxyl groups excluding tert-OH is 1. The number of nitrogens with zero attached hydrogens (tertiary/aromatic N) is 4. The number of aliphatic hydroxyl groups is 1. The Morgan fingerprint density at radius 2 is 2.12 bits per heavy atom. The van der Waals surface area contributed by atoms with Gasteiger partial charge in [0.25, 0.3) is 0 Å². The standard InChI is InChI=1S/C21H24FN7O2S/c22-14-3-1-8-24-18(14)21(6-2-7-21)12-27-17-5-4-16(28-29-17)20-26-10-13(32-20)9-25-19(31)15(23)11-30/h1,3-5,8,10,15,30H,2,6-7,9,11-12,23H2,(H,25,31)(H,27,29)/t15-/m1/s1. The first-order chi connectivity index (χ1) is 15.5. The summed E-state index contributed by atoms with van der Waals surface area (Å²) in [6.07, 6.45) is 6.07. The number of aromatic nitrogens is 4. The van der Waals surface area contributed by atoms with Crippen molar-refractivity contribution in [1.29, 1.82) is 0 Å². The number of nitrogens with one attached hydrogen (secondary N) is 2. The number of amides is 1. The number of hydrogen-bond acceptors (Lipinski definition) is 9. The lowest BCUT2D eigenvalue weighted by molar-refractivity contribution is -0.123. The first-order valence-corrected chi connectivity index (χ1v) is 11.1. The average Bonchev–Trinajstić information content (AvgIpc) is 3.26. The normalized spacial score (nSPS) is 15.6. The third kappa shape index (κ3) is 4.74. The van der Waals surface area contributed by atoms with Gasteiger partial charge in [0.1, 0.15) is 28.4 Å². The van der Waals surface area contributed by atoms with Crippen LogP contribution in [0.5, 0.6) is 0 Å². The fourth-order valence-corrected chi connectivity index (χ4v) is 4.39. The highest BCUT2D eigenvalue weighted by atomic mass is 32.1. The molecule has 0 radical (unpaired) electrons. The predicted octanol–water partition coefficient (Wildman–Crippen LogP) is 1.60. The minimum atomic E-state index is -0.943. The lowest BCUT2D eigenvalue weighted by Crippen LogP contribution is -2.42. The molecule has 0 saturated heterocycles. The smallest absolute Gasteiger partial charge is 0.239 e. The van der Waals surface area contributed by atoms with Crippen LogP contribution >= 0.6 is 11.3 Å². The van der Waals surface area contributed by atoms with E-state index in [4.69, 9.17) is 10.8 Å². The van der Waals surface area contributed by atoms with Gasteiger partial charge in [-0.05, 0) is 37.1 Å². The molecule has 0 unspecified atom stereocenters. The van der Waals surface area contributed by atoms with Crippen molar-refractivity contribution < 1.29 is 14.3 Å². The van der Waals surface area contributed by atoms with E-state index in [1.807, 2.05) is 12.1 Å². The van der Waals surface area contributed by atoms with Crippen molar-refractivity contribution in [2.75, 3.05) is 18.5 Å². The topological polar surface area (TPSA) is 139 Å². The zero-order chi connectivity index (χ0) is 22.6. The van der Waals surface area contributed by atoms with Crippen LogP contribution in [0.4, 0.5) is 10.2 Å². The van der Waals surface area contributed by atoms with E-state index in [1.165, 1.54) is 17.4 Å². The van der Waals surface area contributed by atoms with E-state index in [1.54, 1.807) is 18.5 Å². The molecular weight excluding hydrogens is 433 g/mol. The van der Waals surface area contributed by atoms with Crippen LogP contribution in [-0.2, 0) is 16.8 Å². The SMILES string of the molecule is N[C@H](CO)C(=O)NCc1cnc(-c2ccc(NCC3(c4ncccc4F)CCC3)nn2)s1. The number of carbonyl (C=O) groups is 1. The van der Waals surface area contributed by atoms with Crippen molar-refractivity contribution in [2.45, 2.75) is 37.3 Å². The van der Waals surface area contributed by atoms with Crippen molar-refractivity contribution in [3.8, 4) is 10.7 Å². The fourth-order valence-electron chi connectivity index (χ4n) is 3.57. The Balaban J connectivity index is 1.36. The second-order valence-corrected chi connectivity index (χ2v) is 8.88. The summed E-state index contributed by atoms with van der Waals surface area (Å²) in [5, 5.41) is 24.0. The zero-order valence-corrected chi connectivity index (χ0v) is 18.1. The molecule has 1 atom stereocenters. The van der Waals surface area contributed by atoms with Crippen LogP contribution < -0.4 is 16.4 Å². The van der Waals surface area contributed by atoms with Gasteiger partial charge in [0.2, 0.25) is 5.91 Å². The van der Waals surface area contributed by atoms with E-state index < -0.39 is 18.6 Å². The van der Waals surface area contributed by atoms with Crippen LogP contribution in [0, 0.1) is 5.82 Å². The molecule has 9 nitrogen and oxygen atoms in total. The highest BCUT2D eigenvalue weighted by Crippen LogP contribution is 2.43. The average molecular weight is 458 g/mol. The number of halogens is 1. The summed E-state index contributed by atoms with van der Waals surface area (Å²) in [6.45, 7) is 0.392. The molecule has 3 aromatic rings. The molecule has 11 heteroatoms. The van der Waals surface area contributed by atoms with Gasteiger partial charge in [0.05, 0.1) is 18.8 Å². The monoisotopic (exact) mass is 457 g/mol. The van der Waals surface area contributed by atoms with Crippen LogP contribution in [0.3, 0.4) is 0 Å². The Morgan fingerprint density at radius 1 is 1.28 bits per heavy atom. The van der Waals surface area contributed by atoms with E-state index in [2.05, 4.69) is 30.8 Å². The number of hydrogen-bond donors (Lipinski definition) is 4. The Morgan fingerprint density at radius 3 is 2.78 bits per heavy atom. The fraction of sp³-hybridized carbons (Fsp3) is 0.381. The molecule has 0 aromatic carbocycles. The van der Waals surface area contributed by atoms with Gasteiger partial charge in [-0.25, -0.2) is 9.37 Å². The van der Waals surface area contributed by atoms with Crippen LogP contribution in [0.25, 0.3) is 10.7 Å². The molecular formula is C21H24FN7O2S. The predicted molar refractivity (Wildman–Crippen MR) is 118 cm³/mol. The minimum Gasteiger partial charge on any atom is -0.394 e. The maximum absolute atomic E-state index is 14.3. The van der Waals surface area contributed by atoms with Gasteiger partial charge in [0, 0.05) is 29.2 Å². The van der Waals surface area contributed by atoms with Gasteiger partial charge in [-0.1, -0.05) is 6.42 Å². The van der Waals surface area contributed by atoms with E-state index in [0.29, 0.717) is 28.8 Å². The maximum atomic E-state index is 14.3. The molecule has 5 N–H and O–H groups in total. The summed E-state index contributed by atoms with van der Waals surface area (Å²) < 4.78 is 14.3. The second kappa shape index (κ2) is 9.63. The molecule has 3 aromatic heterocycles. The summed E-state index contributed by atoms with van der Waals surface area (Å²) in [5.74, 6) is -0.101. The number of carbonyl (C=O) groups excluding carboxylic acids is 1. The van der Waals surface area contributed by atoms with Crippen molar-refractivity contribution in [3.63, 3.8) is 0 Å². The van der Waals surface area contributed by atoms with Crippen molar-refractivity contribution >= 4 is 23.1 Å². The summed E-state index contributed by atoms with van der Waals surface area (Å²) in [7, 11) is 0. The first kappa shape index (κ1) is 22.2. The zero-order valence-electron chi connectivity index (χ0n) is 17.3. The van der Waals surface area contributed by atoms with Crippen LogP contribution in [-0.4, -0.2) is 50.4 Å². The van der Waals surface area contributed by atoms with E-state index in [-0.39, 0.29) is 17.8 Å². The molecule has 0 spiro atoms. The molecule has 168 valence electrons. The molecule has 1 aliphatic carbocycles. The molecule has 1 aliphatic rings. The summed E-state index contributed by atoms with van der Waals surface area (Å²) in [4.78, 5) is 21.1. The minimum absolute atomic E-state index is 0.267. The van der Waals surface area contributed by atoms with E-state index >= 15 is 0 Å². The Hall–Kier alpha value is -3.02. The van der Waals surface area contributed by atoms with Crippen molar-refractivity contribution in [3.05, 3.63) is 53.0 Å². The van der Waals surface area contributed by atoms with Gasteiger partial charge in [-0.3, -0.25) is 9.78 Å². The molecule has 1 fully saturated rings. The third-order valence-corrected chi connectivity index (χ3v) is 6.61. The van der Waals surface area contributed by atoms with Gasteiger partial charge in [-0.15, -0.1) is 21.5 Å². The lowest BCUT2D eigenvalue weighted by Gasteiger charge is -2.41. The Bertz CT molecular complexity index is 1070. The van der Waals surface area contributed by atoms with E-state index in [0.717, 1.165) is 24.1 Å². The van der Waals surface area contributed by atoms with Gasteiger partial charge < -0.3 is 21.5 Å². The van der Waals surface area contributed by atoms with Crippen LogP contribution in [0.15, 0.2) is 36.7 Å². The Kier molecular flexibility index (Phi) is 6.68. The highest BCUT2D eigenvalue weighted by Gasteiger charge is 2.41. The maximum Gasteiger partial charge on any atom is 0.239 e. The van der Waals surface area contributed by atoms with Crippen LogP contribution in [0.1, 0.15) is 29.8 Å². The van der Waals surface area contributed by atoms with Gasteiger partial charge >= 0.3 is 0 Å². The van der Waals surface area contributed by atoms with E-state index in [9.17, 15) is 9.18 Å². The largest absolute Gasteiger partial charge is 0.394 e. The third-order valence-electron chi connectivity index (χ3n) is 5.59. The van der Waals surface area contributed by atoms with Gasteiger partial charge in [0.15, 0.2) is 0 Å². The summed E-state index contributed by atoms with van der Waals surface area (Å²) >= 11 is 1.38. The molecule has 3 heterocycles. The molecule has 1 amide bonds. The molecule has 1 saturated carbocycles. The summed E-state index contributed by atoms with van der Waals surface area (Å²) in [5.41, 5.74) is 6.27. The molecule has 4 rings (SSSR count).